The summed E-state index contributed by atoms with van der Waals surface area (Å²) in [7, 11) is 0. The van der Waals surface area contributed by atoms with Crippen LogP contribution >= 0.6 is 0 Å². The standard InChI is InChI=1S/C44H28N6O/c1-3-14-35-33(12-1)45-43-47(37-16-5-7-18-39(37)49(35)43)29-11-9-10-27(24-29)28-20-22-41-31(25-28)32-26-30(21-23-42(32)51-41)48-38-17-6-8-19-40(38)50-36-15-4-2-13-34(36)46-44(48)50/h2-11,13-26H,1,12H2. The molecule has 1 aliphatic carbocycles. The molecule has 0 bridgehead atoms. The number of aromatic nitrogens is 6. The van der Waals surface area contributed by atoms with E-state index in [4.69, 9.17) is 14.4 Å². The Balaban J connectivity index is 1.03. The van der Waals surface area contributed by atoms with Gasteiger partial charge in [-0.15, -0.1) is 0 Å². The molecule has 0 N–H and O–H groups in total. The van der Waals surface area contributed by atoms with Crippen molar-refractivity contribution < 1.29 is 4.42 Å². The molecule has 0 unspecified atom stereocenters. The number of fused-ring (bicyclic) bond motifs is 13. The van der Waals surface area contributed by atoms with Crippen LogP contribution < -0.4 is 0 Å². The van der Waals surface area contributed by atoms with E-state index in [1.54, 1.807) is 0 Å². The lowest BCUT2D eigenvalue weighted by Gasteiger charge is -2.09. The van der Waals surface area contributed by atoms with E-state index in [0.717, 1.165) is 108 Å². The second-order valence-electron chi connectivity index (χ2n) is 13.4. The summed E-state index contributed by atoms with van der Waals surface area (Å²) in [6, 6.07) is 47.2. The first kappa shape index (κ1) is 27.0. The summed E-state index contributed by atoms with van der Waals surface area (Å²) in [4.78, 5) is 10.3. The Morgan fingerprint density at radius 2 is 1.16 bits per heavy atom. The molecular weight excluding hydrogens is 629 g/mol. The number of aryl methyl sites for hydroxylation is 1. The third kappa shape index (κ3) is 3.67. The van der Waals surface area contributed by atoms with Crippen LogP contribution in [0.15, 0.2) is 144 Å². The molecule has 51 heavy (non-hydrogen) atoms. The molecule has 5 aromatic heterocycles. The molecule has 7 nitrogen and oxygen atoms in total. The van der Waals surface area contributed by atoms with Crippen LogP contribution in [0.3, 0.4) is 0 Å². The van der Waals surface area contributed by atoms with Gasteiger partial charge in [-0.2, -0.15) is 0 Å². The largest absolute Gasteiger partial charge is 0.456 e. The molecule has 6 aromatic carbocycles. The number of rotatable bonds is 3. The second kappa shape index (κ2) is 9.86. The third-order valence-electron chi connectivity index (χ3n) is 10.6. The van der Waals surface area contributed by atoms with E-state index >= 15 is 0 Å². The summed E-state index contributed by atoms with van der Waals surface area (Å²) in [6.07, 6.45) is 6.47. The Morgan fingerprint density at radius 1 is 0.510 bits per heavy atom. The molecule has 0 fully saturated rings. The topological polar surface area (TPSA) is 57.6 Å². The number of furan rings is 1. The van der Waals surface area contributed by atoms with Crippen LogP contribution in [-0.2, 0) is 6.42 Å². The number of para-hydroxylation sites is 6. The van der Waals surface area contributed by atoms with E-state index < -0.39 is 0 Å². The molecule has 1 aliphatic rings. The molecule has 12 rings (SSSR count). The summed E-state index contributed by atoms with van der Waals surface area (Å²) in [6.45, 7) is 0. The third-order valence-corrected chi connectivity index (χ3v) is 10.6. The number of imidazole rings is 4. The molecule has 0 aliphatic heterocycles. The van der Waals surface area contributed by atoms with E-state index in [2.05, 4.69) is 157 Å². The van der Waals surface area contributed by atoms with Gasteiger partial charge in [0.05, 0.1) is 50.2 Å². The van der Waals surface area contributed by atoms with Gasteiger partial charge in [0.1, 0.15) is 11.2 Å². The summed E-state index contributed by atoms with van der Waals surface area (Å²) >= 11 is 0. The lowest BCUT2D eigenvalue weighted by atomic mass is 10.0. The molecule has 0 radical (unpaired) electrons. The van der Waals surface area contributed by atoms with Gasteiger partial charge in [-0.1, -0.05) is 60.7 Å². The van der Waals surface area contributed by atoms with Crippen LogP contribution in [0.25, 0.3) is 95.2 Å². The fraction of sp³-hybridized carbons (Fsp3) is 0.0455. The number of benzene rings is 6. The Labute approximate surface area is 290 Å². The van der Waals surface area contributed by atoms with Crippen LogP contribution in [0.2, 0.25) is 0 Å². The average molecular weight is 657 g/mol. The van der Waals surface area contributed by atoms with Crippen molar-refractivity contribution in [2.75, 3.05) is 0 Å². The van der Waals surface area contributed by atoms with Gasteiger partial charge in [-0.05, 0) is 109 Å². The second-order valence-corrected chi connectivity index (χ2v) is 13.4. The summed E-state index contributed by atoms with van der Waals surface area (Å²) in [5, 5.41) is 2.15. The van der Waals surface area contributed by atoms with Crippen molar-refractivity contribution in [3.63, 3.8) is 0 Å². The van der Waals surface area contributed by atoms with Crippen molar-refractivity contribution in [1.29, 1.82) is 0 Å². The molecular formula is C44H28N6O. The first-order valence-corrected chi connectivity index (χ1v) is 17.4. The molecule has 240 valence electrons. The molecule has 0 saturated carbocycles. The fourth-order valence-corrected chi connectivity index (χ4v) is 8.34. The zero-order valence-electron chi connectivity index (χ0n) is 27.4. The molecule has 0 atom stereocenters. The predicted octanol–water partition coefficient (Wildman–Crippen LogP) is 10.5. The van der Waals surface area contributed by atoms with Gasteiger partial charge in [0.15, 0.2) is 0 Å². The van der Waals surface area contributed by atoms with Gasteiger partial charge >= 0.3 is 0 Å². The highest BCUT2D eigenvalue weighted by atomic mass is 16.3. The minimum atomic E-state index is 0.860. The highest BCUT2D eigenvalue weighted by Crippen LogP contribution is 2.37. The van der Waals surface area contributed by atoms with Crippen molar-refractivity contribution in [3.05, 3.63) is 151 Å². The van der Waals surface area contributed by atoms with Gasteiger partial charge in [0.25, 0.3) is 0 Å². The average Bonchev–Trinajstić information content (AvgIpc) is 3.97. The van der Waals surface area contributed by atoms with Gasteiger partial charge in [0.2, 0.25) is 11.6 Å². The SMILES string of the molecule is C1=Cc2c(nc3n(-c4cccc(-c5ccc6oc7ccc(-n8c9ccccc9n9c%10ccccc%10nc89)cc7c6c5)c4)c4ccccc4n23)CC1. The van der Waals surface area contributed by atoms with Crippen molar-refractivity contribution >= 4 is 72.7 Å². The highest BCUT2D eigenvalue weighted by Gasteiger charge is 2.22. The van der Waals surface area contributed by atoms with Crippen molar-refractivity contribution in [2.45, 2.75) is 12.8 Å². The predicted molar refractivity (Wildman–Crippen MR) is 205 cm³/mol. The number of nitrogens with zero attached hydrogens (tertiary/aromatic N) is 6. The zero-order valence-corrected chi connectivity index (χ0v) is 27.4. The van der Waals surface area contributed by atoms with Crippen LogP contribution in [0.1, 0.15) is 17.8 Å². The Hall–Kier alpha value is -6.86. The normalized spacial score (nSPS) is 13.3. The maximum atomic E-state index is 6.41. The number of hydrogen-bond acceptors (Lipinski definition) is 3. The van der Waals surface area contributed by atoms with Crippen LogP contribution in [0, 0.1) is 0 Å². The van der Waals surface area contributed by atoms with E-state index in [1.165, 1.54) is 5.69 Å². The van der Waals surface area contributed by atoms with Crippen LogP contribution in [0.4, 0.5) is 0 Å². The van der Waals surface area contributed by atoms with E-state index in [9.17, 15) is 0 Å². The smallest absolute Gasteiger partial charge is 0.220 e. The zero-order chi connectivity index (χ0) is 33.2. The molecule has 5 heterocycles. The maximum absolute atomic E-state index is 6.41. The van der Waals surface area contributed by atoms with Gasteiger partial charge in [-0.25, -0.2) is 9.97 Å². The first-order valence-electron chi connectivity index (χ1n) is 17.4. The fourth-order valence-electron chi connectivity index (χ4n) is 8.34. The minimum Gasteiger partial charge on any atom is -0.456 e. The first-order chi connectivity index (χ1) is 25.3. The minimum absolute atomic E-state index is 0.860. The van der Waals surface area contributed by atoms with Gasteiger partial charge < -0.3 is 4.42 Å². The summed E-state index contributed by atoms with van der Waals surface area (Å²) in [5.41, 5.74) is 15.1. The van der Waals surface area contributed by atoms with Crippen molar-refractivity contribution in [2.24, 2.45) is 0 Å². The number of hydrogen-bond donors (Lipinski definition) is 0. The lowest BCUT2D eigenvalue weighted by Crippen LogP contribution is -1.96. The molecule has 11 aromatic rings. The Bertz CT molecular complexity index is 3270. The quantitative estimate of drug-likeness (QED) is 0.190. The highest BCUT2D eigenvalue weighted by molar-refractivity contribution is 6.07. The molecule has 0 saturated heterocycles. The van der Waals surface area contributed by atoms with Gasteiger partial charge in [-0.3, -0.25) is 17.9 Å². The molecule has 0 spiro atoms. The van der Waals surface area contributed by atoms with E-state index in [-0.39, 0.29) is 0 Å². The van der Waals surface area contributed by atoms with Gasteiger partial charge in [0, 0.05) is 16.5 Å². The van der Waals surface area contributed by atoms with E-state index in [0.29, 0.717) is 0 Å². The van der Waals surface area contributed by atoms with Crippen molar-refractivity contribution in [1.82, 2.24) is 27.9 Å². The Kier molecular flexibility index (Phi) is 5.22. The monoisotopic (exact) mass is 656 g/mol. The van der Waals surface area contributed by atoms with Crippen LogP contribution in [0.5, 0.6) is 0 Å². The molecule has 0 amide bonds. The summed E-state index contributed by atoms with van der Waals surface area (Å²) in [5.74, 6) is 1.84. The van der Waals surface area contributed by atoms with Crippen molar-refractivity contribution in [3.8, 4) is 22.5 Å². The lowest BCUT2D eigenvalue weighted by molar-refractivity contribution is 0.669. The Morgan fingerprint density at radius 3 is 1.98 bits per heavy atom. The summed E-state index contributed by atoms with van der Waals surface area (Å²) < 4.78 is 15.5. The van der Waals surface area contributed by atoms with E-state index in [1.807, 2.05) is 6.07 Å². The van der Waals surface area contributed by atoms with Crippen LogP contribution in [-0.4, -0.2) is 27.9 Å². The molecule has 7 heteroatoms. The maximum Gasteiger partial charge on any atom is 0.220 e. The number of allylic oxidation sites excluding steroid dienone is 1.